The molecule has 2 fully saturated rings. The lowest BCUT2D eigenvalue weighted by Gasteiger charge is -2.29. The molecule has 0 radical (unpaired) electrons. The second kappa shape index (κ2) is 3.58. The van der Waals surface area contributed by atoms with Crippen molar-refractivity contribution >= 4 is 0 Å². The third kappa shape index (κ3) is 2.96. The third-order valence-electron chi connectivity index (χ3n) is 3.09. The highest BCUT2D eigenvalue weighted by Gasteiger charge is 2.29. The fraction of sp³-hybridized carbons (Fsp3) is 1.00. The summed E-state index contributed by atoms with van der Waals surface area (Å²) < 4.78 is 0. The summed E-state index contributed by atoms with van der Waals surface area (Å²) in [5.41, 5.74) is 0.325. The zero-order chi connectivity index (χ0) is 9.31. The summed E-state index contributed by atoms with van der Waals surface area (Å²) in [6, 6.07) is 0. The van der Waals surface area contributed by atoms with Gasteiger partial charge in [0.05, 0.1) is 0 Å². The maximum absolute atomic E-state index is 3.60. The Balaban J connectivity index is 1.85. The van der Waals surface area contributed by atoms with Gasteiger partial charge in [0.1, 0.15) is 0 Å². The van der Waals surface area contributed by atoms with Crippen LogP contribution in [0.15, 0.2) is 0 Å². The standard InChI is InChI=1S/C11H22N2/c1-11(2)9-13(7-3-6-12-11)8-10-4-5-10/h10,12H,3-9H2,1-2H3. The van der Waals surface area contributed by atoms with Crippen LogP contribution in [0.3, 0.4) is 0 Å². The molecule has 0 aromatic heterocycles. The highest BCUT2D eigenvalue weighted by Crippen LogP contribution is 2.30. The van der Waals surface area contributed by atoms with E-state index in [0.29, 0.717) is 5.54 Å². The molecular weight excluding hydrogens is 160 g/mol. The summed E-state index contributed by atoms with van der Waals surface area (Å²) in [7, 11) is 0. The van der Waals surface area contributed by atoms with Crippen LogP contribution in [0.2, 0.25) is 0 Å². The van der Waals surface area contributed by atoms with E-state index >= 15 is 0 Å². The van der Waals surface area contributed by atoms with Crippen LogP contribution in [0.25, 0.3) is 0 Å². The Bertz CT molecular complexity index is 173. The molecule has 0 aromatic carbocycles. The van der Waals surface area contributed by atoms with Gasteiger partial charge in [0, 0.05) is 18.6 Å². The number of nitrogens with one attached hydrogen (secondary N) is 1. The Kier molecular flexibility index (Phi) is 2.61. The van der Waals surface area contributed by atoms with Gasteiger partial charge in [-0.3, -0.25) is 0 Å². The maximum atomic E-state index is 3.60. The SMILES string of the molecule is CC1(C)CN(CC2CC2)CCCN1. The molecule has 1 heterocycles. The fourth-order valence-corrected chi connectivity index (χ4v) is 2.24. The first-order valence-corrected chi connectivity index (χ1v) is 5.63. The largest absolute Gasteiger partial charge is 0.310 e. The average molecular weight is 182 g/mol. The molecule has 1 aliphatic carbocycles. The molecule has 1 saturated carbocycles. The highest BCUT2D eigenvalue weighted by atomic mass is 15.2. The topological polar surface area (TPSA) is 15.3 Å². The van der Waals surface area contributed by atoms with Crippen molar-refractivity contribution in [1.29, 1.82) is 0 Å². The Hall–Kier alpha value is -0.0800. The summed E-state index contributed by atoms with van der Waals surface area (Å²) in [6.07, 6.45) is 4.27. The van der Waals surface area contributed by atoms with E-state index in [9.17, 15) is 0 Å². The monoisotopic (exact) mass is 182 g/mol. The van der Waals surface area contributed by atoms with Gasteiger partial charge in [-0.2, -0.15) is 0 Å². The van der Waals surface area contributed by atoms with Gasteiger partial charge in [0.2, 0.25) is 0 Å². The van der Waals surface area contributed by atoms with Crippen molar-refractivity contribution in [2.75, 3.05) is 26.2 Å². The summed E-state index contributed by atoms with van der Waals surface area (Å²) in [5, 5.41) is 3.60. The quantitative estimate of drug-likeness (QED) is 0.695. The van der Waals surface area contributed by atoms with E-state index in [4.69, 9.17) is 0 Å². The van der Waals surface area contributed by atoms with Crippen molar-refractivity contribution in [3.05, 3.63) is 0 Å². The summed E-state index contributed by atoms with van der Waals surface area (Å²) in [4.78, 5) is 2.65. The Morgan fingerprint density at radius 3 is 2.85 bits per heavy atom. The molecule has 0 bridgehead atoms. The van der Waals surface area contributed by atoms with Gasteiger partial charge in [0.15, 0.2) is 0 Å². The van der Waals surface area contributed by atoms with Gasteiger partial charge in [0.25, 0.3) is 0 Å². The van der Waals surface area contributed by atoms with Gasteiger partial charge in [-0.25, -0.2) is 0 Å². The highest BCUT2D eigenvalue weighted by molar-refractivity contribution is 4.87. The van der Waals surface area contributed by atoms with Crippen LogP contribution in [0.4, 0.5) is 0 Å². The molecule has 2 nitrogen and oxygen atoms in total. The molecule has 1 aliphatic heterocycles. The molecule has 0 amide bonds. The predicted octanol–water partition coefficient (Wildman–Crippen LogP) is 1.47. The van der Waals surface area contributed by atoms with Crippen molar-refractivity contribution in [2.45, 2.75) is 38.6 Å². The van der Waals surface area contributed by atoms with Gasteiger partial charge < -0.3 is 10.2 Å². The average Bonchev–Trinajstić information content (AvgIpc) is 2.80. The van der Waals surface area contributed by atoms with E-state index in [1.807, 2.05) is 0 Å². The maximum Gasteiger partial charge on any atom is 0.0252 e. The normalized spacial score (nSPS) is 30.0. The number of rotatable bonds is 2. The first kappa shape index (κ1) is 9.47. The molecule has 2 heteroatoms. The first-order valence-electron chi connectivity index (χ1n) is 5.63. The molecule has 0 unspecified atom stereocenters. The lowest BCUT2D eigenvalue weighted by atomic mass is 10.1. The van der Waals surface area contributed by atoms with E-state index in [0.717, 1.165) is 5.92 Å². The molecular formula is C11H22N2. The number of hydrogen-bond acceptors (Lipinski definition) is 2. The number of nitrogens with zero attached hydrogens (tertiary/aromatic N) is 1. The molecule has 0 spiro atoms. The van der Waals surface area contributed by atoms with E-state index in [-0.39, 0.29) is 0 Å². The molecule has 1 saturated heterocycles. The van der Waals surface area contributed by atoms with Crippen molar-refractivity contribution < 1.29 is 0 Å². The molecule has 2 aliphatic rings. The minimum atomic E-state index is 0.325. The Morgan fingerprint density at radius 1 is 1.38 bits per heavy atom. The molecule has 2 rings (SSSR count). The van der Waals surface area contributed by atoms with Crippen LogP contribution < -0.4 is 5.32 Å². The van der Waals surface area contributed by atoms with E-state index in [1.165, 1.54) is 45.4 Å². The zero-order valence-electron chi connectivity index (χ0n) is 8.97. The summed E-state index contributed by atoms with van der Waals surface area (Å²) in [5.74, 6) is 1.04. The third-order valence-corrected chi connectivity index (χ3v) is 3.09. The predicted molar refractivity (Wildman–Crippen MR) is 55.9 cm³/mol. The molecule has 0 aromatic rings. The molecule has 13 heavy (non-hydrogen) atoms. The van der Waals surface area contributed by atoms with Crippen LogP contribution in [-0.2, 0) is 0 Å². The smallest absolute Gasteiger partial charge is 0.0252 e. The molecule has 0 atom stereocenters. The lowest BCUT2D eigenvalue weighted by molar-refractivity contribution is 0.223. The summed E-state index contributed by atoms with van der Waals surface area (Å²) >= 11 is 0. The van der Waals surface area contributed by atoms with Crippen LogP contribution in [0.1, 0.15) is 33.1 Å². The van der Waals surface area contributed by atoms with Crippen LogP contribution >= 0.6 is 0 Å². The van der Waals surface area contributed by atoms with Gasteiger partial charge in [-0.1, -0.05) is 0 Å². The van der Waals surface area contributed by atoms with Crippen molar-refractivity contribution in [3.63, 3.8) is 0 Å². The van der Waals surface area contributed by atoms with Gasteiger partial charge in [-0.15, -0.1) is 0 Å². The van der Waals surface area contributed by atoms with Gasteiger partial charge in [-0.05, 0) is 52.1 Å². The van der Waals surface area contributed by atoms with E-state index in [2.05, 4.69) is 24.1 Å². The van der Waals surface area contributed by atoms with Crippen molar-refractivity contribution in [3.8, 4) is 0 Å². The first-order chi connectivity index (χ1) is 6.16. The Labute approximate surface area is 81.7 Å². The zero-order valence-corrected chi connectivity index (χ0v) is 8.97. The minimum absolute atomic E-state index is 0.325. The molecule has 1 N–H and O–H groups in total. The van der Waals surface area contributed by atoms with Crippen LogP contribution in [-0.4, -0.2) is 36.6 Å². The van der Waals surface area contributed by atoms with Crippen molar-refractivity contribution in [2.24, 2.45) is 5.92 Å². The van der Waals surface area contributed by atoms with Crippen LogP contribution in [0, 0.1) is 5.92 Å². The molecule has 76 valence electrons. The van der Waals surface area contributed by atoms with Gasteiger partial charge >= 0.3 is 0 Å². The second-order valence-electron chi connectivity index (χ2n) is 5.34. The summed E-state index contributed by atoms with van der Waals surface area (Å²) in [6.45, 7) is 9.70. The van der Waals surface area contributed by atoms with E-state index < -0.39 is 0 Å². The minimum Gasteiger partial charge on any atom is -0.310 e. The second-order valence-corrected chi connectivity index (χ2v) is 5.34. The fourth-order valence-electron chi connectivity index (χ4n) is 2.24. The Morgan fingerprint density at radius 2 is 2.15 bits per heavy atom. The van der Waals surface area contributed by atoms with Crippen molar-refractivity contribution in [1.82, 2.24) is 10.2 Å². The number of hydrogen-bond donors (Lipinski definition) is 1. The van der Waals surface area contributed by atoms with Crippen LogP contribution in [0.5, 0.6) is 0 Å². The van der Waals surface area contributed by atoms with E-state index in [1.54, 1.807) is 0 Å². The lowest BCUT2D eigenvalue weighted by Crippen LogP contribution is -2.46.